The predicted octanol–water partition coefficient (Wildman–Crippen LogP) is -0.825. The van der Waals surface area contributed by atoms with Gasteiger partial charge in [-0.1, -0.05) is 0 Å². The number of Topliss-reactive ketones (excluding diaryl/α,β-unsaturated/α-hetero) is 1. The van der Waals surface area contributed by atoms with Gasteiger partial charge in [-0.2, -0.15) is 0 Å². The minimum atomic E-state index is -0.531. The third-order valence-corrected chi connectivity index (χ3v) is 2.94. The van der Waals surface area contributed by atoms with Crippen LogP contribution < -0.4 is 9.64 Å². The van der Waals surface area contributed by atoms with Crippen molar-refractivity contribution < 1.29 is 14.4 Å². The van der Waals surface area contributed by atoms with Gasteiger partial charge < -0.3 is 0 Å². The second-order valence-corrected chi connectivity index (χ2v) is 4.52. The third-order valence-electron chi connectivity index (χ3n) is 2.72. The Balaban J connectivity index is 2.47. The molecular weight excluding hydrogens is 283 g/mol. The van der Waals surface area contributed by atoms with E-state index in [0.717, 1.165) is 4.90 Å². The molecule has 0 saturated heterocycles. The molecule has 2 rings (SSSR count). The molecule has 0 fully saturated rings. The molecular formula is C12H13N2O2Se+. The number of quaternary nitrogens is 1. The van der Waals surface area contributed by atoms with Crippen molar-refractivity contribution in [3.8, 4) is 5.75 Å². The van der Waals surface area contributed by atoms with Crippen LogP contribution in [0.3, 0.4) is 0 Å². The van der Waals surface area contributed by atoms with Gasteiger partial charge >= 0.3 is 107 Å². The Labute approximate surface area is 108 Å². The summed E-state index contributed by atoms with van der Waals surface area (Å²) in [6.45, 7) is 0. The Bertz CT molecular complexity index is 495. The molecule has 1 aromatic rings. The van der Waals surface area contributed by atoms with E-state index in [-0.39, 0.29) is 12.0 Å². The SMILES string of the molecule is C[NH+](C)C1Oc2ccccc2C(=O)C1N=C=[Se]. The number of para-hydroxylation sites is 1. The molecule has 4 nitrogen and oxygen atoms in total. The zero-order valence-electron chi connectivity index (χ0n) is 9.64. The maximum atomic E-state index is 12.3. The van der Waals surface area contributed by atoms with Crippen LogP contribution in [0, 0.1) is 0 Å². The van der Waals surface area contributed by atoms with Crippen LogP contribution in [0.4, 0.5) is 0 Å². The van der Waals surface area contributed by atoms with Crippen molar-refractivity contribution in [1.82, 2.24) is 0 Å². The van der Waals surface area contributed by atoms with Crippen molar-refractivity contribution in [3.05, 3.63) is 29.8 Å². The number of ether oxygens (including phenoxy) is 1. The standard InChI is InChI=1S/C12H12N2O2Se/c1-14(2)12-10(13-7-17)11(15)8-5-3-4-6-9(8)16-12/h3-6,10,12H,1-2H3/p+1. The average Bonchev–Trinajstić information content (AvgIpc) is 2.32. The molecule has 2 unspecified atom stereocenters. The van der Waals surface area contributed by atoms with Crippen molar-refractivity contribution in [2.75, 3.05) is 14.1 Å². The first kappa shape index (κ1) is 12.2. The molecule has 88 valence electrons. The van der Waals surface area contributed by atoms with Gasteiger partial charge in [-0.15, -0.1) is 0 Å². The van der Waals surface area contributed by atoms with Crippen molar-refractivity contribution in [1.29, 1.82) is 0 Å². The number of hydrogen-bond donors (Lipinski definition) is 1. The summed E-state index contributed by atoms with van der Waals surface area (Å²) < 4.78 is 8.39. The number of aliphatic imine (C=N–C) groups is 1. The number of rotatable bonds is 2. The molecule has 0 amide bonds. The Hall–Kier alpha value is -1.25. The fourth-order valence-electron chi connectivity index (χ4n) is 1.89. The van der Waals surface area contributed by atoms with Gasteiger partial charge in [-0.05, 0) is 0 Å². The first-order chi connectivity index (χ1) is 8.15. The van der Waals surface area contributed by atoms with E-state index in [0.29, 0.717) is 11.3 Å². The Morgan fingerprint density at radius 2 is 2.12 bits per heavy atom. The van der Waals surface area contributed by atoms with Crippen LogP contribution in [0.5, 0.6) is 5.75 Å². The molecule has 0 aromatic heterocycles. The van der Waals surface area contributed by atoms with Gasteiger partial charge in [0.15, 0.2) is 0 Å². The second-order valence-electron chi connectivity index (χ2n) is 4.14. The number of benzene rings is 1. The Kier molecular flexibility index (Phi) is 3.55. The van der Waals surface area contributed by atoms with Gasteiger partial charge in [0.1, 0.15) is 0 Å². The summed E-state index contributed by atoms with van der Waals surface area (Å²) in [4.78, 5) is 17.4. The molecule has 1 aliphatic rings. The van der Waals surface area contributed by atoms with E-state index in [1.807, 2.05) is 32.3 Å². The monoisotopic (exact) mass is 297 g/mol. The number of nitrogens with one attached hydrogen (secondary N) is 1. The molecule has 0 spiro atoms. The van der Waals surface area contributed by atoms with Crippen LogP contribution in [-0.2, 0) is 0 Å². The van der Waals surface area contributed by atoms with Crippen LogP contribution in [-0.4, -0.2) is 52.4 Å². The molecule has 0 bridgehead atoms. The number of carbonyl (C=O) groups excluding carboxylic acids is 1. The quantitative estimate of drug-likeness (QED) is 0.572. The number of fused-ring (bicyclic) bond motifs is 1. The van der Waals surface area contributed by atoms with Crippen molar-refractivity contribution in [2.45, 2.75) is 12.3 Å². The molecule has 17 heavy (non-hydrogen) atoms. The Morgan fingerprint density at radius 1 is 1.41 bits per heavy atom. The first-order valence-electron chi connectivity index (χ1n) is 5.32. The van der Waals surface area contributed by atoms with E-state index in [4.69, 9.17) is 4.74 Å². The number of nitrogens with zero attached hydrogens (tertiary/aromatic N) is 1. The van der Waals surface area contributed by atoms with Crippen LogP contribution in [0.2, 0.25) is 0 Å². The molecule has 5 heteroatoms. The van der Waals surface area contributed by atoms with Crippen molar-refractivity contribution in [2.24, 2.45) is 4.99 Å². The normalized spacial score (nSPS) is 22.6. The molecule has 0 saturated carbocycles. The van der Waals surface area contributed by atoms with Crippen LogP contribution in [0.15, 0.2) is 29.3 Å². The van der Waals surface area contributed by atoms with Crippen molar-refractivity contribution >= 4 is 26.1 Å². The molecule has 0 radical (unpaired) electrons. The number of hydrogen-bond acceptors (Lipinski definition) is 3. The predicted molar refractivity (Wildman–Crippen MR) is 65.0 cm³/mol. The minimum absolute atomic E-state index is 0.0131. The fourth-order valence-corrected chi connectivity index (χ4v) is 2.13. The third kappa shape index (κ3) is 2.24. The fraction of sp³-hybridized carbons (Fsp3) is 0.333. The zero-order chi connectivity index (χ0) is 12.4. The van der Waals surface area contributed by atoms with Crippen molar-refractivity contribution in [3.63, 3.8) is 0 Å². The van der Waals surface area contributed by atoms with Gasteiger partial charge in [0, 0.05) is 0 Å². The van der Waals surface area contributed by atoms with Gasteiger partial charge in [0.2, 0.25) is 0 Å². The molecule has 0 aliphatic carbocycles. The van der Waals surface area contributed by atoms with E-state index >= 15 is 0 Å². The van der Waals surface area contributed by atoms with E-state index in [1.54, 1.807) is 6.07 Å². The van der Waals surface area contributed by atoms with E-state index in [1.165, 1.54) is 0 Å². The molecule has 2 atom stereocenters. The van der Waals surface area contributed by atoms with E-state index in [9.17, 15) is 4.79 Å². The summed E-state index contributed by atoms with van der Waals surface area (Å²) in [5.74, 6) is 0.621. The number of likely N-dealkylation sites (N-methyl/N-ethyl adjacent to an activating group) is 1. The van der Waals surface area contributed by atoms with Crippen LogP contribution in [0.1, 0.15) is 10.4 Å². The number of ketones is 1. The van der Waals surface area contributed by atoms with Gasteiger partial charge in [-0.3, -0.25) is 0 Å². The van der Waals surface area contributed by atoms with Gasteiger partial charge in [0.25, 0.3) is 0 Å². The molecule has 1 N–H and O–H groups in total. The van der Waals surface area contributed by atoms with Gasteiger partial charge in [0.05, 0.1) is 0 Å². The van der Waals surface area contributed by atoms with E-state index < -0.39 is 6.04 Å². The van der Waals surface area contributed by atoms with E-state index in [2.05, 4.69) is 25.3 Å². The van der Waals surface area contributed by atoms with Crippen LogP contribution in [0.25, 0.3) is 0 Å². The molecule has 1 aromatic carbocycles. The molecule has 1 aliphatic heterocycles. The summed E-state index contributed by atoms with van der Waals surface area (Å²) >= 11 is 2.56. The first-order valence-corrected chi connectivity index (χ1v) is 6.17. The summed E-state index contributed by atoms with van der Waals surface area (Å²) in [5.41, 5.74) is 0.592. The average molecular weight is 296 g/mol. The second kappa shape index (κ2) is 4.94. The molecule has 1 heterocycles. The van der Waals surface area contributed by atoms with Crippen LogP contribution >= 0.6 is 0 Å². The number of carbonyl (C=O) groups is 1. The summed E-state index contributed by atoms with van der Waals surface area (Å²) in [6, 6.07) is 6.73. The summed E-state index contributed by atoms with van der Waals surface area (Å²) in [5, 5.41) is 0. The Morgan fingerprint density at radius 3 is 2.76 bits per heavy atom. The zero-order valence-corrected chi connectivity index (χ0v) is 11.3. The maximum absolute atomic E-state index is 12.3. The topological polar surface area (TPSA) is 43.1 Å². The summed E-state index contributed by atoms with van der Waals surface area (Å²) in [6.07, 6.45) is -0.307. The van der Waals surface area contributed by atoms with Gasteiger partial charge in [-0.25, -0.2) is 0 Å². The summed E-state index contributed by atoms with van der Waals surface area (Å²) in [7, 11) is 3.88.